The molecule has 0 aliphatic carbocycles. The molecule has 2 amide bonds. The lowest BCUT2D eigenvalue weighted by atomic mass is 10.1. The highest BCUT2D eigenvalue weighted by Gasteiger charge is 2.21. The second-order valence-corrected chi connectivity index (χ2v) is 7.74. The molecule has 6 N–H and O–H groups in total. The van der Waals surface area contributed by atoms with Crippen LogP contribution in [0.25, 0.3) is 0 Å². The van der Waals surface area contributed by atoms with Gasteiger partial charge in [-0.2, -0.15) is 0 Å². The third-order valence-corrected chi connectivity index (χ3v) is 5.23. The molecule has 0 unspecified atom stereocenters. The summed E-state index contributed by atoms with van der Waals surface area (Å²) >= 11 is 0. The summed E-state index contributed by atoms with van der Waals surface area (Å²) in [5.41, 5.74) is 17.8. The molecule has 0 radical (unpaired) electrons. The van der Waals surface area contributed by atoms with Crippen molar-refractivity contribution in [1.29, 1.82) is 0 Å². The van der Waals surface area contributed by atoms with Crippen LogP contribution in [0, 0.1) is 0 Å². The highest BCUT2D eigenvalue weighted by atomic mass is 16.5. The second kappa shape index (κ2) is 11.1. The van der Waals surface area contributed by atoms with Crippen molar-refractivity contribution in [2.45, 2.75) is 12.8 Å². The summed E-state index contributed by atoms with van der Waals surface area (Å²) in [6.07, 6.45) is 0.970. The van der Waals surface area contributed by atoms with Crippen LogP contribution in [0.2, 0.25) is 0 Å². The van der Waals surface area contributed by atoms with Gasteiger partial charge in [0.25, 0.3) is 0 Å². The van der Waals surface area contributed by atoms with Crippen LogP contribution in [0.15, 0.2) is 53.5 Å². The minimum Gasteiger partial charge on any atom is -0.423 e. The number of nitrogens with zero attached hydrogens (tertiary/aromatic N) is 3. The Morgan fingerprint density at radius 1 is 0.879 bits per heavy atom. The predicted octanol–water partition coefficient (Wildman–Crippen LogP) is 0.373. The molecule has 0 spiro atoms. The van der Waals surface area contributed by atoms with Crippen molar-refractivity contribution in [1.82, 2.24) is 9.80 Å². The third kappa shape index (κ3) is 7.32. The SMILES string of the molecule is NC(=O)CN1CCN(C(=O)CCc2ccc(OC(=O)c3ccc(N=C(N)N)cc3)cc2)CC1. The van der Waals surface area contributed by atoms with Crippen LogP contribution in [0.1, 0.15) is 22.3 Å². The number of guanidine groups is 1. The molecule has 10 nitrogen and oxygen atoms in total. The molecule has 0 saturated carbocycles. The Kier molecular flexibility index (Phi) is 7.98. The summed E-state index contributed by atoms with van der Waals surface area (Å²) in [7, 11) is 0. The van der Waals surface area contributed by atoms with Gasteiger partial charge < -0.3 is 26.8 Å². The number of aliphatic imine (C=N–C) groups is 1. The van der Waals surface area contributed by atoms with E-state index in [-0.39, 0.29) is 24.3 Å². The third-order valence-electron chi connectivity index (χ3n) is 5.23. The molecular weight excluding hydrogens is 424 g/mol. The number of primary amides is 1. The van der Waals surface area contributed by atoms with E-state index >= 15 is 0 Å². The van der Waals surface area contributed by atoms with Gasteiger partial charge in [0, 0.05) is 32.6 Å². The van der Waals surface area contributed by atoms with Crippen molar-refractivity contribution >= 4 is 29.4 Å². The Hall–Kier alpha value is -3.92. The van der Waals surface area contributed by atoms with E-state index in [2.05, 4.69) is 4.99 Å². The molecule has 1 aliphatic heterocycles. The van der Waals surface area contributed by atoms with E-state index in [1.807, 2.05) is 21.9 Å². The first-order valence-corrected chi connectivity index (χ1v) is 10.6. The number of carbonyl (C=O) groups excluding carboxylic acids is 3. The zero-order valence-electron chi connectivity index (χ0n) is 18.3. The van der Waals surface area contributed by atoms with Gasteiger partial charge in [-0.3, -0.25) is 14.5 Å². The van der Waals surface area contributed by atoms with Gasteiger partial charge in [-0.25, -0.2) is 9.79 Å². The number of benzene rings is 2. The fourth-order valence-electron chi connectivity index (χ4n) is 3.50. The van der Waals surface area contributed by atoms with Crippen molar-refractivity contribution in [3.05, 3.63) is 59.7 Å². The van der Waals surface area contributed by atoms with Crippen LogP contribution in [0.4, 0.5) is 5.69 Å². The van der Waals surface area contributed by atoms with E-state index in [1.54, 1.807) is 36.4 Å². The lowest BCUT2D eigenvalue weighted by Crippen LogP contribution is -2.50. The van der Waals surface area contributed by atoms with Crippen molar-refractivity contribution < 1.29 is 19.1 Å². The summed E-state index contributed by atoms with van der Waals surface area (Å²) < 4.78 is 5.40. The molecule has 174 valence electrons. The number of aryl methyl sites for hydroxylation is 1. The summed E-state index contributed by atoms with van der Waals surface area (Å²) in [6.45, 7) is 2.70. The zero-order valence-corrected chi connectivity index (χ0v) is 18.3. The van der Waals surface area contributed by atoms with Gasteiger partial charge in [-0.1, -0.05) is 12.1 Å². The number of carbonyl (C=O) groups is 3. The van der Waals surface area contributed by atoms with Gasteiger partial charge in [0.15, 0.2) is 5.96 Å². The maximum Gasteiger partial charge on any atom is 0.343 e. The van der Waals surface area contributed by atoms with Gasteiger partial charge in [0.2, 0.25) is 11.8 Å². The molecule has 0 bridgehead atoms. The Balaban J connectivity index is 1.45. The minimum atomic E-state index is -0.496. The van der Waals surface area contributed by atoms with Crippen molar-refractivity contribution in [3.8, 4) is 5.75 Å². The van der Waals surface area contributed by atoms with Gasteiger partial charge in [-0.05, 0) is 48.4 Å². The number of hydrogen-bond acceptors (Lipinski definition) is 6. The second-order valence-electron chi connectivity index (χ2n) is 7.74. The number of hydrogen-bond donors (Lipinski definition) is 3. The number of ether oxygens (including phenoxy) is 1. The Morgan fingerprint density at radius 2 is 1.52 bits per heavy atom. The van der Waals surface area contributed by atoms with Crippen LogP contribution in [0.3, 0.4) is 0 Å². The number of esters is 1. The Morgan fingerprint density at radius 3 is 2.09 bits per heavy atom. The first-order valence-electron chi connectivity index (χ1n) is 10.6. The molecule has 1 fully saturated rings. The van der Waals surface area contributed by atoms with Crippen molar-refractivity contribution in [3.63, 3.8) is 0 Å². The quantitative estimate of drug-likeness (QED) is 0.226. The zero-order chi connectivity index (χ0) is 23.8. The van der Waals surface area contributed by atoms with Gasteiger partial charge in [0.1, 0.15) is 5.75 Å². The lowest BCUT2D eigenvalue weighted by molar-refractivity contribution is -0.133. The van der Waals surface area contributed by atoms with Gasteiger partial charge in [-0.15, -0.1) is 0 Å². The van der Waals surface area contributed by atoms with Gasteiger partial charge >= 0.3 is 5.97 Å². The minimum absolute atomic E-state index is 0.0603. The summed E-state index contributed by atoms with van der Waals surface area (Å²) in [5, 5.41) is 0. The summed E-state index contributed by atoms with van der Waals surface area (Å²) in [6, 6.07) is 13.5. The molecule has 10 heteroatoms. The highest BCUT2D eigenvalue weighted by molar-refractivity contribution is 5.91. The van der Waals surface area contributed by atoms with Crippen LogP contribution in [-0.4, -0.2) is 66.3 Å². The number of piperazine rings is 1. The summed E-state index contributed by atoms with van der Waals surface area (Å²) in [4.78, 5) is 43.5. The van der Waals surface area contributed by atoms with E-state index < -0.39 is 5.97 Å². The van der Waals surface area contributed by atoms with E-state index in [1.165, 1.54) is 0 Å². The van der Waals surface area contributed by atoms with Crippen molar-refractivity contribution in [2.24, 2.45) is 22.2 Å². The van der Waals surface area contributed by atoms with E-state index in [9.17, 15) is 14.4 Å². The fourth-order valence-corrected chi connectivity index (χ4v) is 3.50. The smallest absolute Gasteiger partial charge is 0.343 e. The maximum absolute atomic E-state index is 12.5. The summed E-state index contributed by atoms with van der Waals surface area (Å²) in [5.74, 6) is -0.424. The number of amides is 2. The average Bonchev–Trinajstić information content (AvgIpc) is 2.78. The first-order chi connectivity index (χ1) is 15.8. The fraction of sp³-hybridized carbons (Fsp3) is 0.304. The molecule has 2 aromatic carbocycles. The molecule has 1 heterocycles. The molecule has 1 aliphatic rings. The average molecular weight is 453 g/mol. The molecule has 3 rings (SSSR count). The van der Waals surface area contributed by atoms with Gasteiger partial charge in [0.05, 0.1) is 17.8 Å². The van der Waals surface area contributed by atoms with Crippen LogP contribution < -0.4 is 21.9 Å². The van der Waals surface area contributed by atoms with Crippen LogP contribution >= 0.6 is 0 Å². The largest absolute Gasteiger partial charge is 0.423 e. The highest BCUT2D eigenvalue weighted by Crippen LogP contribution is 2.18. The molecule has 0 aromatic heterocycles. The Labute approximate surface area is 192 Å². The maximum atomic E-state index is 12.5. The van der Waals surface area contributed by atoms with E-state index in [0.29, 0.717) is 56.0 Å². The lowest BCUT2D eigenvalue weighted by Gasteiger charge is -2.34. The topological polar surface area (TPSA) is 157 Å². The molecule has 33 heavy (non-hydrogen) atoms. The van der Waals surface area contributed by atoms with Crippen LogP contribution in [0.5, 0.6) is 5.75 Å². The molecular formula is C23H28N6O4. The van der Waals surface area contributed by atoms with Crippen LogP contribution in [-0.2, 0) is 16.0 Å². The first kappa shape index (κ1) is 23.7. The standard InChI is InChI=1S/C23H28N6O4/c24-20(30)15-28-11-13-29(14-12-28)21(31)10-3-16-1-8-19(9-2-16)33-22(32)17-4-6-18(7-5-17)27-23(25)26/h1-2,4-9H,3,10-15H2,(H2,24,30)(H4,25,26,27). The molecule has 0 atom stereocenters. The number of rotatable bonds is 8. The number of nitrogens with two attached hydrogens (primary N) is 3. The molecule has 1 saturated heterocycles. The van der Waals surface area contributed by atoms with E-state index in [0.717, 1.165) is 5.56 Å². The predicted molar refractivity (Wildman–Crippen MR) is 124 cm³/mol. The molecule has 2 aromatic rings. The van der Waals surface area contributed by atoms with Crippen molar-refractivity contribution in [2.75, 3.05) is 32.7 Å². The Bertz CT molecular complexity index is 1010. The monoisotopic (exact) mass is 452 g/mol. The normalized spacial score (nSPS) is 13.9. The van der Waals surface area contributed by atoms with E-state index in [4.69, 9.17) is 21.9 Å².